The SMILES string of the molecule is Cc1ccc(-c2nc(SCC(=O)Nc3nc4ccc(F)cc4s3)n[nH]2)cc1. The summed E-state index contributed by atoms with van der Waals surface area (Å²) in [4.78, 5) is 20.8. The van der Waals surface area contributed by atoms with Crippen LogP contribution in [0.5, 0.6) is 0 Å². The number of hydrogen-bond donors (Lipinski definition) is 2. The summed E-state index contributed by atoms with van der Waals surface area (Å²) in [6.45, 7) is 2.02. The van der Waals surface area contributed by atoms with E-state index in [2.05, 4.69) is 25.5 Å². The molecule has 9 heteroatoms. The molecular weight excluding hydrogens is 385 g/mol. The zero-order valence-electron chi connectivity index (χ0n) is 14.2. The summed E-state index contributed by atoms with van der Waals surface area (Å²) in [7, 11) is 0. The van der Waals surface area contributed by atoms with Crippen molar-refractivity contribution in [1.82, 2.24) is 20.2 Å². The van der Waals surface area contributed by atoms with Gasteiger partial charge in [-0.1, -0.05) is 52.9 Å². The monoisotopic (exact) mass is 399 g/mol. The van der Waals surface area contributed by atoms with Gasteiger partial charge in [-0.3, -0.25) is 9.89 Å². The van der Waals surface area contributed by atoms with Gasteiger partial charge in [0.2, 0.25) is 11.1 Å². The van der Waals surface area contributed by atoms with Gasteiger partial charge in [-0.15, -0.1) is 5.10 Å². The van der Waals surface area contributed by atoms with Crippen LogP contribution >= 0.6 is 23.1 Å². The molecule has 0 aliphatic rings. The minimum Gasteiger partial charge on any atom is -0.301 e. The average Bonchev–Trinajstić information content (AvgIpc) is 3.26. The fraction of sp³-hybridized carbons (Fsp3) is 0.111. The predicted molar refractivity (Wildman–Crippen MR) is 105 cm³/mol. The molecule has 0 fully saturated rings. The van der Waals surface area contributed by atoms with Crippen LogP contribution in [0.4, 0.5) is 9.52 Å². The number of nitrogens with one attached hydrogen (secondary N) is 2. The van der Waals surface area contributed by atoms with Gasteiger partial charge in [0.05, 0.1) is 16.0 Å². The fourth-order valence-corrected chi connectivity index (χ4v) is 3.89. The Kier molecular flexibility index (Phi) is 4.87. The number of carbonyl (C=O) groups is 1. The summed E-state index contributed by atoms with van der Waals surface area (Å²) in [5.41, 5.74) is 2.76. The van der Waals surface area contributed by atoms with Gasteiger partial charge in [-0.25, -0.2) is 14.4 Å². The van der Waals surface area contributed by atoms with Crippen molar-refractivity contribution in [3.63, 3.8) is 0 Å². The van der Waals surface area contributed by atoms with E-state index < -0.39 is 0 Å². The summed E-state index contributed by atoms with van der Waals surface area (Å²) >= 11 is 2.46. The van der Waals surface area contributed by atoms with E-state index in [0.29, 0.717) is 26.3 Å². The first-order valence-electron chi connectivity index (χ1n) is 8.05. The third-order valence-corrected chi connectivity index (χ3v) is 5.50. The molecule has 0 unspecified atom stereocenters. The second kappa shape index (κ2) is 7.45. The van der Waals surface area contributed by atoms with Crippen molar-refractivity contribution >= 4 is 44.4 Å². The molecule has 2 heterocycles. The van der Waals surface area contributed by atoms with Crippen LogP contribution in [0, 0.1) is 12.7 Å². The van der Waals surface area contributed by atoms with Gasteiger partial charge in [0.25, 0.3) is 0 Å². The average molecular weight is 399 g/mol. The number of H-pyrrole nitrogens is 1. The molecule has 2 N–H and O–H groups in total. The minimum absolute atomic E-state index is 0.148. The van der Waals surface area contributed by atoms with Gasteiger partial charge in [-0.05, 0) is 25.1 Å². The first-order chi connectivity index (χ1) is 13.1. The number of halogens is 1. The molecule has 0 radical (unpaired) electrons. The molecule has 4 aromatic rings. The van der Waals surface area contributed by atoms with Crippen LogP contribution in [-0.4, -0.2) is 31.8 Å². The quantitative estimate of drug-likeness (QED) is 0.490. The summed E-state index contributed by atoms with van der Waals surface area (Å²) < 4.78 is 13.9. The molecule has 6 nitrogen and oxygen atoms in total. The van der Waals surface area contributed by atoms with Crippen molar-refractivity contribution in [2.45, 2.75) is 12.1 Å². The van der Waals surface area contributed by atoms with Gasteiger partial charge >= 0.3 is 0 Å². The van der Waals surface area contributed by atoms with Crippen LogP contribution in [0.2, 0.25) is 0 Å². The maximum atomic E-state index is 13.2. The van der Waals surface area contributed by atoms with Crippen molar-refractivity contribution in [3.8, 4) is 11.4 Å². The lowest BCUT2D eigenvalue weighted by molar-refractivity contribution is -0.113. The number of nitrogens with zero attached hydrogens (tertiary/aromatic N) is 3. The summed E-state index contributed by atoms with van der Waals surface area (Å²) in [6, 6.07) is 12.3. The highest BCUT2D eigenvalue weighted by Gasteiger charge is 2.11. The topological polar surface area (TPSA) is 83.6 Å². The number of rotatable bonds is 5. The van der Waals surface area contributed by atoms with Crippen LogP contribution in [0.15, 0.2) is 47.6 Å². The molecular formula is C18H14FN5OS2. The van der Waals surface area contributed by atoms with E-state index in [9.17, 15) is 9.18 Å². The van der Waals surface area contributed by atoms with E-state index in [1.165, 1.54) is 40.8 Å². The molecule has 27 heavy (non-hydrogen) atoms. The molecule has 1 amide bonds. The third-order valence-electron chi connectivity index (χ3n) is 3.72. The van der Waals surface area contributed by atoms with Crippen molar-refractivity contribution in [3.05, 3.63) is 53.8 Å². The molecule has 0 aliphatic carbocycles. The number of aromatic nitrogens is 4. The molecule has 4 rings (SSSR count). The second-order valence-electron chi connectivity index (χ2n) is 5.80. The molecule has 0 atom stereocenters. The number of fused-ring (bicyclic) bond motifs is 1. The fourth-order valence-electron chi connectivity index (χ4n) is 2.39. The third kappa shape index (κ3) is 4.15. The highest BCUT2D eigenvalue weighted by atomic mass is 32.2. The van der Waals surface area contributed by atoms with E-state index in [1.54, 1.807) is 6.07 Å². The Morgan fingerprint density at radius 3 is 2.85 bits per heavy atom. The molecule has 0 spiro atoms. The summed E-state index contributed by atoms with van der Waals surface area (Å²) in [5.74, 6) is 0.260. The Hall–Kier alpha value is -2.78. The highest BCUT2D eigenvalue weighted by Crippen LogP contribution is 2.27. The number of benzene rings is 2. The van der Waals surface area contributed by atoms with Crippen LogP contribution in [-0.2, 0) is 4.79 Å². The molecule has 2 aromatic carbocycles. The molecule has 0 saturated carbocycles. The van der Waals surface area contributed by atoms with Crippen molar-refractivity contribution in [1.29, 1.82) is 0 Å². The van der Waals surface area contributed by atoms with Gasteiger partial charge in [-0.2, -0.15) is 0 Å². The number of thioether (sulfide) groups is 1. The van der Waals surface area contributed by atoms with Crippen molar-refractivity contribution in [2.75, 3.05) is 11.1 Å². The Labute approximate surface area is 162 Å². The van der Waals surface area contributed by atoms with Crippen LogP contribution in [0.3, 0.4) is 0 Å². The van der Waals surface area contributed by atoms with E-state index in [-0.39, 0.29) is 17.5 Å². The Bertz CT molecular complexity index is 1110. The number of hydrogen-bond acceptors (Lipinski definition) is 6. The number of aromatic amines is 1. The van der Waals surface area contributed by atoms with Gasteiger partial charge in [0, 0.05) is 5.56 Å². The standard InChI is InChI=1S/C18H14FN5OS2/c1-10-2-4-11(5-3-10)16-22-18(24-23-16)26-9-15(25)21-17-20-13-7-6-12(19)8-14(13)27-17/h2-8H,9H2,1H3,(H,20,21,25)(H,22,23,24). The highest BCUT2D eigenvalue weighted by molar-refractivity contribution is 7.99. The molecule has 136 valence electrons. The maximum absolute atomic E-state index is 13.2. The van der Waals surface area contributed by atoms with E-state index in [0.717, 1.165) is 5.56 Å². The second-order valence-corrected chi connectivity index (χ2v) is 7.77. The van der Waals surface area contributed by atoms with E-state index in [1.807, 2.05) is 31.2 Å². The Morgan fingerprint density at radius 1 is 1.22 bits per heavy atom. The number of thiazole rings is 1. The van der Waals surface area contributed by atoms with Crippen molar-refractivity contribution in [2.24, 2.45) is 0 Å². The first kappa shape index (κ1) is 17.6. The normalized spacial score (nSPS) is 11.0. The van der Waals surface area contributed by atoms with Gasteiger partial charge in [0.1, 0.15) is 5.82 Å². The lowest BCUT2D eigenvalue weighted by Crippen LogP contribution is -2.13. The summed E-state index contributed by atoms with van der Waals surface area (Å²) in [6.07, 6.45) is 0. The lowest BCUT2D eigenvalue weighted by atomic mass is 10.1. The zero-order chi connectivity index (χ0) is 18.8. The van der Waals surface area contributed by atoms with E-state index in [4.69, 9.17) is 0 Å². The van der Waals surface area contributed by atoms with Crippen molar-refractivity contribution < 1.29 is 9.18 Å². The molecule has 0 bridgehead atoms. The van der Waals surface area contributed by atoms with Crippen LogP contribution in [0.1, 0.15) is 5.56 Å². The molecule has 2 aromatic heterocycles. The minimum atomic E-state index is -0.325. The van der Waals surface area contributed by atoms with Crippen LogP contribution in [0.25, 0.3) is 21.6 Å². The number of aryl methyl sites for hydroxylation is 1. The molecule has 0 saturated heterocycles. The Balaban J connectivity index is 1.36. The number of anilines is 1. The smallest absolute Gasteiger partial charge is 0.236 e. The van der Waals surface area contributed by atoms with Crippen LogP contribution < -0.4 is 5.32 Å². The maximum Gasteiger partial charge on any atom is 0.236 e. The largest absolute Gasteiger partial charge is 0.301 e. The number of amides is 1. The predicted octanol–water partition coefficient (Wildman–Crippen LogP) is 4.26. The first-order valence-corrected chi connectivity index (χ1v) is 9.85. The van der Waals surface area contributed by atoms with E-state index >= 15 is 0 Å². The summed E-state index contributed by atoms with van der Waals surface area (Å²) in [5, 5.41) is 10.7. The molecule has 0 aliphatic heterocycles. The Morgan fingerprint density at radius 2 is 2.04 bits per heavy atom. The number of carbonyl (C=O) groups excluding carboxylic acids is 1. The zero-order valence-corrected chi connectivity index (χ0v) is 15.8. The van der Waals surface area contributed by atoms with Gasteiger partial charge in [0.15, 0.2) is 11.0 Å². The lowest BCUT2D eigenvalue weighted by Gasteiger charge is -1.99. The van der Waals surface area contributed by atoms with Gasteiger partial charge < -0.3 is 5.32 Å².